The SMILES string of the molecule is c1ccc(-c2cc(-c3ccccc3)c(-c3ccccc3N(c3ccccc3)c3ccccc3)c([Si]c3cccc4ccccc34)c2-c2ccccc2)cc1. The molecule has 2 radical (unpaired) electrons. The van der Waals surface area contributed by atoms with Crippen molar-refractivity contribution in [3.05, 3.63) is 224 Å². The Kier molecular flexibility index (Phi) is 9.25. The number of hydrogen-bond donors (Lipinski definition) is 0. The summed E-state index contributed by atoms with van der Waals surface area (Å²) in [6.45, 7) is 0. The van der Waals surface area contributed by atoms with Crippen molar-refractivity contribution >= 4 is 47.7 Å². The molecule has 9 aromatic carbocycles. The summed E-state index contributed by atoms with van der Waals surface area (Å²) in [5, 5.41) is 5.20. The second-order valence-corrected chi connectivity index (χ2v) is 14.7. The van der Waals surface area contributed by atoms with Crippen molar-refractivity contribution in [2.45, 2.75) is 0 Å². The standard InChI is InChI=1S/C52H37NSi/c1-6-21-39(22-7-1)46-37-47(40-23-8-2-9-24-40)51(45-34-18-19-35-48(45)53(42-29-12-4-13-30-42)43-31-14-5-15-32-43)52(50(46)41-26-10-3-11-27-41)54-49-36-20-28-38-25-16-17-33-44(38)49/h1-37H. The van der Waals surface area contributed by atoms with Crippen LogP contribution in [0.5, 0.6) is 0 Å². The maximum absolute atomic E-state index is 2.45. The smallest absolute Gasteiger partial charge is 0.124 e. The molecule has 0 aliphatic heterocycles. The van der Waals surface area contributed by atoms with Gasteiger partial charge in [-0.15, -0.1) is 0 Å². The highest BCUT2D eigenvalue weighted by molar-refractivity contribution is 6.73. The van der Waals surface area contributed by atoms with Gasteiger partial charge in [0.1, 0.15) is 9.52 Å². The van der Waals surface area contributed by atoms with Crippen LogP contribution in [0.2, 0.25) is 0 Å². The summed E-state index contributed by atoms with van der Waals surface area (Å²) in [5.74, 6) is 0. The van der Waals surface area contributed by atoms with Gasteiger partial charge in [-0.2, -0.15) is 0 Å². The number of nitrogens with zero attached hydrogens (tertiary/aromatic N) is 1. The van der Waals surface area contributed by atoms with E-state index >= 15 is 0 Å². The molecule has 0 aliphatic rings. The molecule has 0 amide bonds. The minimum atomic E-state index is 0.366. The van der Waals surface area contributed by atoms with Crippen LogP contribution in [0.1, 0.15) is 0 Å². The Balaban J connectivity index is 1.44. The van der Waals surface area contributed by atoms with Gasteiger partial charge in [0, 0.05) is 16.9 Å². The van der Waals surface area contributed by atoms with Crippen LogP contribution in [0.3, 0.4) is 0 Å². The first-order valence-corrected chi connectivity index (χ1v) is 19.5. The first-order valence-electron chi connectivity index (χ1n) is 18.5. The predicted molar refractivity (Wildman–Crippen MR) is 232 cm³/mol. The van der Waals surface area contributed by atoms with Crippen LogP contribution in [-0.2, 0) is 0 Å². The minimum Gasteiger partial charge on any atom is -0.310 e. The van der Waals surface area contributed by atoms with E-state index in [0.29, 0.717) is 9.52 Å². The number of para-hydroxylation sites is 3. The summed E-state index contributed by atoms with van der Waals surface area (Å²) in [5.41, 5.74) is 13.1. The highest BCUT2D eigenvalue weighted by Gasteiger charge is 2.26. The van der Waals surface area contributed by atoms with E-state index in [1.807, 2.05) is 0 Å². The Labute approximate surface area is 320 Å². The average molecular weight is 704 g/mol. The van der Waals surface area contributed by atoms with E-state index in [4.69, 9.17) is 0 Å². The Morgan fingerprint density at radius 3 is 1.41 bits per heavy atom. The second-order valence-electron chi connectivity index (χ2n) is 13.4. The van der Waals surface area contributed by atoms with Crippen LogP contribution >= 0.6 is 0 Å². The zero-order valence-electron chi connectivity index (χ0n) is 29.8. The first-order chi connectivity index (χ1) is 26.8. The van der Waals surface area contributed by atoms with Gasteiger partial charge in [-0.05, 0) is 91.3 Å². The third kappa shape index (κ3) is 6.45. The lowest BCUT2D eigenvalue weighted by Crippen LogP contribution is -2.32. The topological polar surface area (TPSA) is 3.24 Å². The molecular weight excluding hydrogens is 667 g/mol. The van der Waals surface area contributed by atoms with Crippen LogP contribution in [0.15, 0.2) is 224 Å². The molecule has 0 heterocycles. The van der Waals surface area contributed by atoms with Gasteiger partial charge in [0.15, 0.2) is 0 Å². The third-order valence-corrected chi connectivity index (χ3v) is 11.5. The van der Waals surface area contributed by atoms with Crippen molar-refractivity contribution in [1.82, 2.24) is 0 Å². The molecular formula is C52H37NSi. The van der Waals surface area contributed by atoms with E-state index in [1.54, 1.807) is 0 Å². The number of rotatable bonds is 9. The number of fused-ring (bicyclic) bond motifs is 1. The largest absolute Gasteiger partial charge is 0.310 e. The van der Waals surface area contributed by atoms with Crippen LogP contribution in [0.25, 0.3) is 55.3 Å². The molecule has 0 fully saturated rings. The monoisotopic (exact) mass is 703 g/mol. The molecule has 9 aromatic rings. The molecule has 0 saturated carbocycles. The van der Waals surface area contributed by atoms with Gasteiger partial charge in [0.2, 0.25) is 0 Å². The Bertz CT molecular complexity index is 2610. The molecule has 254 valence electrons. The summed E-state index contributed by atoms with van der Waals surface area (Å²) < 4.78 is 0. The van der Waals surface area contributed by atoms with Crippen LogP contribution in [0.4, 0.5) is 17.1 Å². The zero-order chi connectivity index (χ0) is 36.1. The highest BCUT2D eigenvalue weighted by atomic mass is 28.2. The van der Waals surface area contributed by atoms with Crippen molar-refractivity contribution in [1.29, 1.82) is 0 Å². The van der Waals surface area contributed by atoms with E-state index in [9.17, 15) is 0 Å². The maximum Gasteiger partial charge on any atom is 0.124 e. The van der Waals surface area contributed by atoms with Gasteiger partial charge in [-0.1, -0.05) is 193 Å². The van der Waals surface area contributed by atoms with Crippen molar-refractivity contribution in [3.8, 4) is 44.5 Å². The fraction of sp³-hybridized carbons (Fsp3) is 0. The normalized spacial score (nSPS) is 11.0. The number of hydrogen-bond acceptors (Lipinski definition) is 1. The summed E-state index contributed by atoms with van der Waals surface area (Å²) in [4.78, 5) is 2.40. The molecule has 54 heavy (non-hydrogen) atoms. The van der Waals surface area contributed by atoms with Crippen LogP contribution in [-0.4, -0.2) is 9.52 Å². The summed E-state index contributed by atoms with van der Waals surface area (Å²) in [6, 6.07) is 81.3. The van der Waals surface area contributed by atoms with E-state index in [2.05, 4.69) is 229 Å². The molecule has 0 atom stereocenters. The van der Waals surface area contributed by atoms with Gasteiger partial charge in [0.05, 0.1) is 5.69 Å². The fourth-order valence-electron chi connectivity index (χ4n) is 7.61. The molecule has 0 aromatic heterocycles. The van der Waals surface area contributed by atoms with Gasteiger partial charge >= 0.3 is 0 Å². The zero-order valence-corrected chi connectivity index (χ0v) is 30.8. The van der Waals surface area contributed by atoms with Crippen molar-refractivity contribution in [2.75, 3.05) is 4.90 Å². The van der Waals surface area contributed by atoms with Gasteiger partial charge in [-0.3, -0.25) is 0 Å². The Morgan fingerprint density at radius 2 is 0.796 bits per heavy atom. The van der Waals surface area contributed by atoms with Crippen LogP contribution < -0.4 is 15.3 Å². The summed E-state index contributed by atoms with van der Waals surface area (Å²) >= 11 is 0. The molecule has 0 unspecified atom stereocenters. The summed E-state index contributed by atoms with van der Waals surface area (Å²) in [6.07, 6.45) is 0. The van der Waals surface area contributed by atoms with E-state index < -0.39 is 0 Å². The lowest BCUT2D eigenvalue weighted by Gasteiger charge is -2.30. The molecule has 0 bridgehead atoms. The van der Waals surface area contributed by atoms with Crippen molar-refractivity contribution < 1.29 is 0 Å². The van der Waals surface area contributed by atoms with Crippen molar-refractivity contribution in [3.63, 3.8) is 0 Å². The van der Waals surface area contributed by atoms with E-state index in [-0.39, 0.29) is 0 Å². The number of anilines is 3. The van der Waals surface area contributed by atoms with Gasteiger partial charge in [0.25, 0.3) is 0 Å². The molecule has 2 heteroatoms. The third-order valence-electron chi connectivity index (χ3n) is 10.1. The molecule has 9 rings (SSSR count). The lowest BCUT2D eigenvalue weighted by atomic mass is 9.84. The van der Waals surface area contributed by atoms with E-state index in [1.165, 1.54) is 65.7 Å². The van der Waals surface area contributed by atoms with Crippen LogP contribution in [0, 0.1) is 0 Å². The van der Waals surface area contributed by atoms with Crippen molar-refractivity contribution in [2.24, 2.45) is 0 Å². The van der Waals surface area contributed by atoms with E-state index in [0.717, 1.165) is 17.1 Å². The molecule has 0 saturated heterocycles. The predicted octanol–water partition coefficient (Wildman–Crippen LogP) is 12.6. The second kappa shape index (κ2) is 15.1. The maximum atomic E-state index is 2.45. The Morgan fingerprint density at radius 1 is 0.333 bits per heavy atom. The molecule has 0 aliphatic carbocycles. The first kappa shape index (κ1) is 33.1. The summed E-state index contributed by atoms with van der Waals surface area (Å²) in [7, 11) is 0.366. The number of benzene rings is 9. The molecule has 0 spiro atoms. The quantitative estimate of drug-likeness (QED) is 0.135. The van der Waals surface area contributed by atoms with Gasteiger partial charge < -0.3 is 4.90 Å². The minimum absolute atomic E-state index is 0.366. The average Bonchev–Trinajstić information content (AvgIpc) is 3.25. The van der Waals surface area contributed by atoms with Gasteiger partial charge in [-0.25, -0.2) is 0 Å². The fourth-order valence-corrected chi connectivity index (χ4v) is 9.22. The lowest BCUT2D eigenvalue weighted by molar-refractivity contribution is 1.28. The molecule has 0 N–H and O–H groups in total. The molecule has 1 nitrogen and oxygen atoms in total. The highest BCUT2D eigenvalue weighted by Crippen LogP contribution is 2.46. The Hall–Kier alpha value is -6.74.